The van der Waals surface area contributed by atoms with Crippen LogP contribution in [0.3, 0.4) is 0 Å². The number of nitrogens with one attached hydrogen (secondary N) is 1. The lowest BCUT2D eigenvalue weighted by Crippen LogP contribution is -2.43. The molecule has 2 fully saturated rings. The van der Waals surface area contributed by atoms with Gasteiger partial charge in [-0.15, -0.1) is 0 Å². The van der Waals surface area contributed by atoms with Crippen molar-refractivity contribution in [2.45, 2.75) is 58.4 Å². The molecule has 0 bridgehead atoms. The fourth-order valence-electron chi connectivity index (χ4n) is 5.04. The van der Waals surface area contributed by atoms with Crippen LogP contribution in [0.25, 0.3) is 0 Å². The van der Waals surface area contributed by atoms with Gasteiger partial charge in [0.1, 0.15) is 0 Å². The third kappa shape index (κ3) is 4.20. The van der Waals surface area contributed by atoms with Gasteiger partial charge in [-0.3, -0.25) is 19.7 Å². The normalized spacial score (nSPS) is 22.6. The highest BCUT2D eigenvalue weighted by Crippen LogP contribution is 2.48. The van der Waals surface area contributed by atoms with E-state index in [1.807, 2.05) is 24.0 Å². The topological polar surface area (TPSA) is 69.7 Å². The Kier molecular flexibility index (Phi) is 5.80. The number of hydrogen-bond acceptors (Lipinski definition) is 4. The Labute approximate surface area is 182 Å². The summed E-state index contributed by atoms with van der Waals surface area (Å²) in [6.45, 7) is 5.47. The highest BCUT2D eigenvalue weighted by Gasteiger charge is 2.47. The molecule has 2 atom stereocenters. The van der Waals surface area contributed by atoms with Crippen molar-refractivity contribution in [2.24, 2.45) is 11.3 Å². The van der Waals surface area contributed by atoms with Crippen molar-refractivity contribution in [3.8, 4) is 0 Å². The van der Waals surface area contributed by atoms with Crippen LogP contribution < -0.4 is 10.2 Å². The summed E-state index contributed by atoms with van der Waals surface area (Å²) >= 11 is 6.20. The number of benzene rings is 1. The maximum absolute atomic E-state index is 13.0. The fourth-order valence-corrected chi connectivity index (χ4v) is 5.21. The molecule has 2 aliphatic heterocycles. The van der Waals surface area contributed by atoms with Crippen LogP contribution in [0.2, 0.25) is 5.02 Å². The molecule has 6 nitrogen and oxygen atoms in total. The molecule has 7 heteroatoms. The van der Waals surface area contributed by atoms with Gasteiger partial charge < -0.3 is 9.80 Å². The maximum Gasteiger partial charge on any atom is 0.232 e. The Morgan fingerprint density at radius 1 is 1.17 bits per heavy atom. The molecule has 1 N–H and O–H groups in total. The molecule has 2 heterocycles. The zero-order valence-corrected chi connectivity index (χ0v) is 18.5. The number of amides is 3. The lowest BCUT2D eigenvalue weighted by atomic mass is 9.79. The van der Waals surface area contributed by atoms with Gasteiger partial charge in [0.15, 0.2) is 0 Å². The lowest BCUT2D eigenvalue weighted by Gasteiger charge is -2.29. The van der Waals surface area contributed by atoms with E-state index in [9.17, 15) is 14.4 Å². The first-order valence-electron chi connectivity index (χ1n) is 10.9. The van der Waals surface area contributed by atoms with E-state index in [1.54, 1.807) is 0 Å². The van der Waals surface area contributed by atoms with E-state index in [0.29, 0.717) is 25.4 Å². The number of carbonyl (C=O) groups is 3. The molecule has 162 valence electrons. The standard InChI is InChI=1S/C23H30ClN3O3/c1-15(28)25-22(30)23(2,17-4-5-17)9-7-21(29)26-10-8-19-13-16-3-6-18(24)14-20(16)27(19)12-11-26/h3,6,14,17,19H,4-5,7-13H2,1-2H3,(H,25,28,30). The zero-order chi connectivity index (χ0) is 21.5. The SMILES string of the molecule is CC(=O)NC(=O)C(C)(CCC(=O)N1CCC2Cc3ccc(Cl)cc3N2CC1)C1CC1. The smallest absolute Gasteiger partial charge is 0.232 e. The van der Waals surface area contributed by atoms with E-state index in [4.69, 9.17) is 11.6 Å². The summed E-state index contributed by atoms with van der Waals surface area (Å²) < 4.78 is 0. The van der Waals surface area contributed by atoms with Gasteiger partial charge in [0.2, 0.25) is 17.7 Å². The Morgan fingerprint density at radius 3 is 2.63 bits per heavy atom. The van der Waals surface area contributed by atoms with Crippen LogP contribution in [0.15, 0.2) is 18.2 Å². The molecular formula is C23H30ClN3O3. The second-order valence-electron chi connectivity index (χ2n) is 9.20. The molecule has 3 aliphatic rings. The predicted octanol–water partition coefficient (Wildman–Crippen LogP) is 3.16. The van der Waals surface area contributed by atoms with Crippen molar-refractivity contribution < 1.29 is 14.4 Å². The van der Waals surface area contributed by atoms with E-state index in [1.165, 1.54) is 18.2 Å². The summed E-state index contributed by atoms with van der Waals surface area (Å²) in [7, 11) is 0. The van der Waals surface area contributed by atoms with Gasteiger partial charge >= 0.3 is 0 Å². The number of nitrogens with zero attached hydrogens (tertiary/aromatic N) is 2. The van der Waals surface area contributed by atoms with Gasteiger partial charge in [-0.05, 0) is 55.7 Å². The minimum Gasteiger partial charge on any atom is -0.366 e. The van der Waals surface area contributed by atoms with Crippen molar-refractivity contribution in [1.82, 2.24) is 10.2 Å². The van der Waals surface area contributed by atoms with Gasteiger partial charge in [0, 0.05) is 49.7 Å². The van der Waals surface area contributed by atoms with Gasteiger partial charge in [0.05, 0.1) is 5.41 Å². The molecule has 2 unspecified atom stereocenters. The molecule has 1 aromatic carbocycles. The van der Waals surface area contributed by atoms with Crippen LogP contribution in [0, 0.1) is 11.3 Å². The molecular weight excluding hydrogens is 402 g/mol. The van der Waals surface area contributed by atoms with Gasteiger partial charge in [-0.1, -0.05) is 24.6 Å². The van der Waals surface area contributed by atoms with E-state index in [2.05, 4.69) is 16.3 Å². The highest BCUT2D eigenvalue weighted by molar-refractivity contribution is 6.30. The van der Waals surface area contributed by atoms with Crippen LogP contribution in [0.4, 0.5) is 5.69 Å². The Balaban J connectivity index is 1.37. The molecule has 4 rings (SSSR count). The first-order valence-corrected chi connectivity index (χ1v) is 11.3. The quantitative estimate of drug-likeness (QED) is 0.777. The molecule has 0 aromatic heterocycles. The minimum atomic E-state index is -0.650. The largest absolute Gasteiger partial charge is 0.366 e. The highest BCUT2D eigenvalue weighted by atomic mass is 35.5. The number of anilines is 1. The molecule has 1 saturated heterocycles. The monoisotopic (exact) mass is 431 g/mol. The number of hydrogen-bond donors (Lipinski definition) is 1. The molecule has 1 saturated carbocycles. The summed E-state index contributed by atoms with van der Waals surface area (Å²) in [4.78, 5) is 41.3. The third-order valence-corrected chi connectivity index (χ3v) is 7.33. The van der Waals surface area contributed by atoms with Gasteiger partial charge in [-0.25, -0.2) is 0 Å². The predicted molar refractivity (Wildman–Crippen MR) is 116 cm³/mol. The van der Waals surface area contributed by atoms with Gasteiger partial charge in [-0.2, -0.15) is 0 Å². The number of imide groups is 1. The van der Waals surface area contributed by atoms with Crippen LogP contribution in [-0.4, -0.2) is 48.3 Å². The zero-order valence-electron chi connectivity index (χ0n) is 17.7. The Morgan fingerprint density at radius 2 is 1.93 bits per heavy atom. The number of halogens is 1. The molecule has 0 radical (unpaired) electrons. The van der Waals surface area contributed by atoms with Crippen molar-refractivity contribution in [3.05, 3.63) is 28.8 Å². The van der Waals surface area contributed by atoms with Crippen LogP contribution in [0.5, 0.6) is 0 Å². The third-order valence-electron chi connectivity index (χ3n) is 7.09. The van der Waals surface area contributed by atoms with Crippen molar-refractivity contribution >= 4 is 35.0 Å². The van der Waals surface area contributed by atoms with Crippen molar-refractivity contribution in [2.75, 3.05) is 24.5 Å². The van der Waals surface area contributed by atoms with Crippen LogP contribution in [-0.2, 0) is 20.8 Å². The average molecular weight is 432 g/mol. The van der Waals surface area contributed by atoms with Gasteiger partial charge in [0.25, 0.3) is 0 Å². The summed E-state index contributed by atoms with van der Waals surface area (Å²) in [5, 5.41) is 3.18. The van der Waals surface area contributed by atoms with E-state index >= 15 is 0 Å². The van der Waals surface area contributed by atoms with Crippen molar-refractivity contribution in [1.29, 1.82) is 0 Å². The first kappa shape index (κ1) is 21.2. The Hall–Kier alpha value is -2.08. The summed E-state index contributed by atoms with van der Waals surface area (Å²) in [5.41, 5.74) is 1.88. The minimum absolute atomic E-state index is 0.102. The summed E-state index contributed by atoms with van der Waals surface area (Å²) in [5.74, 6) is -0.215. The first-order chi connectivity index (χ1) is 14.3. The van der Waals surface area contributed by atoms with E-state index in [-0.39, 0.29) is 23.6 Å². The average Bonchev–Trinajstić information content (AvgIpc) is 3.51. The number of fused-ring (bicyclic) bond motifs is 3. The van der Waals surface area contributed by atoms with Crippen LogP contribution >= 0.6 is 11.6 Å². The molecule has 30 heavy (non-hydrogen) atoms. The number of carbonyl (C=O) groups excluding carboxylic acids is 3. The summed E-state index contributed by atoms with van der Waals surface area (Å²) in [6, 6.07) is 6.50. The van der Waals surface area contributed by atoms with Crippen molar-refractivity contribution in [3.63, 3.8) is 0 Å². The second kappa shape index (κ2) is 8.22. The lowest BCUT2D eigenvalue weighted by molar-refractivity contribution is -0.137. The summed E-state index contributed by atoms with van der Waals surface area (Å²) in [6.07, 6.45) is 4.72. The molecule has 1 aromatic rings. The maximum atomic E-state index is 13.0. The molecule has 0 spiro atoms. The second-order valence-corrected chi connectivity index (χ2v) is 9.63. The molecule has 1 aliphatic carbocycles. The van der Waals surface area contributed by atoms with E-state index < -0.39 is 5.41 Å². The van der Waals surface area contributed by atoms with E-state index in [0.717, 1.165) is 43.8 Å². The molecule has 3 amide bonds. The fraction of sp³-hybridized carbons (Fsp3) is 0.609. The Bertz CT molecular complexity index is 869. The number of rotatable bonds is 5. The van der Waals surface area contributed by atoms with Crippen LogP contribution in [0.1, 0.15) is 51.5 Å².